The van der Waals surface area contributed by atoms with E-state index in [1.54, 1.807) is 32.5 Å². The Morgan fingerprint density at radius 3 is 2.56 bits per heavy atom. The Labute approximate surface area is 159 Å². The average molecular weight is 374 g/mol. The molecule has 0 bridgehead atoms. The zero-order valence-corrected chi connectivity index (χ0v) is 16.5. The summed E-state index contributed by atoms with van der Waals surface area (Å²) in [7, 11) is 3.37. The summed E-state index contributed by atoms with van der Waals surface area (Å²) in [4.78, 5) is 8.68. The lowest BCUT2D eigenvalue weighted by Crippen LogP contribution is -2.41. The van der Waals surface area contributed by atoms with Gasteiger partial charge in [0.15, 0.2) is 5.96 Å². The van der Waals surface area contributed by atoms with Gasteiger partial charge < -0.3 is 20.1 Å². The molecule has 146 valence electrons. The molecule has 2 aromatic rings. The smallest absolute Gasteiger partial charge is 0.191 e. The highest BCUT2D eigenvalue weighted by Gasteiger charge is 2.11. The van der Waals surface area contributed by atoms with Crippen molar-refractivity contribution in [2.24, 2.45) is 4.99 Å². The van der Waals surface area contributed by atoms with E-state index in [4.69, 9.17) is 9.47 Å². The molecule has 1 aromatic heterocycles. The van der Waals surface area contributed by atoms with Gasteiger partial charge in [0, 0.05) is 24.4 Å². The van der Waals surface area contributed by atoms with E-state index in [0.29, 0.717) is 24.8 Å². The molecule has 2 rings (SSSR count). The van der Waals surface area contributed by atoms with Crippen molar-refractivity contribution < 1.29 is 13.9 Å². The maximum atomic E-state index is 12.9. The predicted octanol–water partition coefficient (Wildman–Crippen LogP) is 2.98. The molecule has 27 heavy (non-hydrogen) atoms. The first kappa shape index (κ1) is 20.5. The normalized spacial score (nSPS) is 12.4. The summed E-state index contributed by atoms with van der Waals surface area (Å²) in [5.74, 6) is 1.84. The number of nitrogens with zero attached hydrogens (tertiary/aromatic N) is 2. The summed E-state index contributed by atoms with van der Waals surface area (Å²) in [6, 6.07) is 5.97. The lowest BCUT2D eigenvalue weighted by Gasteiger charge is -2.18. The third-order valence-corrected chi connectivity index (χ3v) is 4.10. The van der Waals surface area contributed by atoms with Gasteiger partial charge in [-0.2, -0.15) is 0 Å². The van der Waals surface area contributed by atoms with Crippen molar-refractivity contribution in [3.63, 3.8) is 0 Å². The molecule has 1 atom stereocenters. The van der Waals surface area contributed by atoms with E-state index < -0.39 is 0 Å². The van der Waals surface area contributed by atoms with Crippen molar-refractivity contribution in [3.05, 3.63) is 53.1 Å². The van der Waals surface area contributed by atoms with Crippen LogP contribution in [-0.2, 0) is 6.54 Å². The first-order valence-corrected chi connectivity index (χ1v) is 8.80. The number of nitrogens with one attached hydrogen (secondary N) is 2. The van der Waals surface area contributed by atoms with Gasteiger partial charge in [-0.15, -0.1) is 0 Å². The van der Waals surface area contributed by atoms with Crippen molar-refractivity contribution in [3.8, 4) is 11.5 Å². The van der Waals surface area contributed by atoms with Crippen LogP contribution < -0.4 is 20.1 Å². The molecule has 1 aromatic carbocycles. The van der Waals surface area contributed by atoms with Crippen molar-refractivity contribution in [1.82, 2.24) is 15.6 Å². The first-order valence-electron chi connectivity index (χ1n) is 8.80. The molecule has 7 heteroatoms. The predicted molar refractivity (Wildman–Crippen MR) is 105 cm³/mol. The number of benzene rings is 1. The summed E-state index contributed by atoms with van der Waals surface area (Å²) in [5, 5.41) is 6.45. The van der Waals surface area contributed by atoms with Crippen LogP contribution in [0, 0.1) is 19.7 Å². The van der Waals surface area contributed by atoms with Crippen molar-refractivity contribution in [1.29, 1.82) is 0 Å². The maximum absolute atomic E-state index is 12.9. The minimum Gasteiger partial charge on any atom is -0.496 e. The van der Waals surface area contributed by atoms with Crippen molar-refractivity contribution in [2.75, 3.05) is 20.7 Å². The number of hydrogen-bond acceptors (Lipinski definition) is 4. The summed E-state index contributed by atoms with van der Waals surface area (Å²) in [6.45, 7) is 6.96. The Bertz CT molecular complexity index is 778. The van der Waals surface area contributed by atoms with Crippen molar-refractivity contribution >= 4 is 5.96 Å². The van der Waals surface area contributed by atoms with Gasteiger partial charge in [-0.25, -0.2) is 4.39 Å². The van der Waals surface area contributed by atoms with Crippen LogP contribution in [0.1, 0.15) is 23.7 Å². The van der Waals surface area contributed by atoms with E-state index in [2.05, 4.69) is 20.6 Å². The molecule has 0 saturated heterocycles. The number of hydrogen-bond donors (Lipinski definition) is 2. The van der Waals surface area contributed by atoms with Crippen LogP contribution in [0.4, 0.5) is 4.39 Å². The quantitative estimate of drug-likeness (QED) is 0.576. The molecule has 0 aliphatic heterocycles. The van der Waals surface area contributed by atoms with Gasteiger partial charge in [-0.3, -0.25) is 9.98 Å². The van der Waals surface area contributed by atoms with Gasteiger partial charge >= 0.3 is 0 Å². The number of pyridine rings is 1. The van der Waals surface area contributed by atoms with Gasteiger partial charge in [0.25, 0.3) is 0 Å². The monoisotopic (exact) mass is 374 g/mol. The number of methoxy groups -OCH3 is 1. The van der Waals surface area contributed by atoms with Gasteiger partial charge in [0.2, 0.25) is 0 Å². The standard InChI is InChI=1S/C20H27FN4O2/c1-13-10-23-18(15(3)19(13)26-5)12-25-20(22-4)24-11-14(2)27-17-8-6-16(21)7-9-17/h6-10,14H,11-12H2,1-5H3,(H2,22,24,25). The largest absolute Gasteiger partial charge is 0.496 e. The summed E-state index contributed by atoms with van der Waals surface area (Å²) in [6.07, 6.45) is 1.69. The molecule has 1 heterocycles. The Kier molecular flexibility index (Phi) is 7.40. The highest BCUT2D eigenvalue weighted by atomic mass is 19.1. The molecule has 0 radical (unpaired) electrons. The summed E-state index contributed by atoms with van der Waals surface area (Å²) < 4.78 is 24.1. The number of ether oxygens (including phenoxy) is 2. The number of aliphatic imine (C=N–C) groups is 1. The van der Waals surface area contributed by atoms with E-state index in [-0.39, 0.29) is 11.9 Å². The molecule has 0 aliphatic rings. The highest BCUT2D eigenvalue weighted by molar-refractivity contribution is 5.79. The second-order valence-corrected chi connectivity index (χ2v) is 6.24. The Hall–Kier alpha value is -2.83. The SMILES string of the molecule is CN=C(NCc1ncc(C)c(OC)c1C)NCC(C)Oc1ccc(F)cc1. The second-order valence-electron chi connectivity index (χ2n) is 6.24. The number of aryl methyl sites for hydroxylation is 1. The number of halogens is 1. The van der Waals surface area contributed by atoms with E-state index >= 15 is 0 Å². The van der Waals surface area contributed by atoms with Crippen LogP contribution in [0.25, 0.3) is 0 Å². The lowest BCUT2D eigenvalue weighted by molar-refractivity contribution is 0.223. The van der Waals surface area contributed by atoms with Crippen LogP contribution >= 0.6 is 0 Å². The fourth-order valence-corrected chi connectivity index (χ4v) is 2.66. The molecular weight excluding hydrogens is 347 g/mol. The zero-order chi connectivity index (χ0) is 19.8. The minimum atomic E-state index is -0.283. The van der Waals surface area contributed by atoms with Crippen LogP contribution in [-0.4, -0.2) is 37.7 Å². The lowest BCUT2D eigenvalue weighted by atomic mass is 10.1. The minimum absolute atomic E-state index is 0.117. The molecular formula is C20H27FN4O2. The third-order valence-electron chi connectivity index (χ3n) is 4.10. The number of rotatable bonds is 7. The Balaban J connectivity index is 1.86. The Morgan fingerprint density at radius 1 is 1.22 bits per heavy atom. The first-order chi connectivity index (χ1) is 12.9. The number of aromatic nitrogens is 1. The number of guanidine groups is 1. The molecule has 0 amide bonds. The fraction of sp³-hybridized carbons (Fsp3) is 0.400. The molecule has 0 spiro atoms. The fourth-order valence-electron chi connectivity index (χ4n) is 2.66. The van der Waals surface area contributed by atoms with Gasteiger partial charge in [-0.1, -0.05) is 0 Å². The van der Waals surface area contributed by atoms with Crippen LogP contribution in [0.2, 0.25) is 0 Å². The van der Waals surface area contributed by atoms with Crippen LogP contribution in [0.3, 0.4) is 0 Å². The molecule has 6 nitrogen and oxygen atoms in total. The molecule has 2 N–H and O–H groups in total. The van der Waals surface area contributed by atoms with E-state index in [9.17, 15) is 4.39 Å². The van der Waals surface area contributed by atoms with E-state index in [1.807, 2.05) is 20.8 Å². The second kappa shape index (κ2) is 9.75. The van der Waals surface area contributed by atoms with Crippen molar-refractivity contribution in [2.45, 2.75) is 33.4 Å². The van der Waals surface area contributed by atoms with Crippen LogP contribution in [0.5, 0.6) is 11.5 Å². The highest BCUT2D eigenvalue weighted by Crippen LogP contribution is 2.23. The van der Waals surface area contributed by atoms with Gasteiger partial charge in [-0.05, 0) is 45.0 Å². The molecule has 0 saturated carbocycles. The van der Waals surface area contributed by atoms with Crippen LogP contribution in [0.15, 0.2) is 35.5 Å². The Morgan fingerprint density at radius 2 is 1.93 bits per heavy atom. The maximum Gasteiger partial charge on any atom is 0.191 e. The van der Waals surface area contributed by atoms with Gasteiger partial charge in [0.1, 0.15) is 23.4 Å². The zero-order valence-electron chi connectivity index (χ0n) is 16.5. The third kappa shape index (κ3) is 5.84. The van der Waals surface area contributed by atoms with E-state index in [0.717, 1.165) is 22.6 Å². The molecule has 0 fully saturated rings. The average Bonchev–Trinajstić information content (AvgIpc) is 2.65. The topological polar surface area (TPSA) is 67.8 Å². The molecule has 0 aliphatic carbocycles. The van der Waals surface area contributed by atoms with Gasteiger partial charge in [0.05, 0.1) is 25.9 Å². The van der Waals surface area contributed by atoms with E-state index in [1.165, 1.54) is 12.1 Å². The summed E-state index contributed by atoms with van der Waals surface area (Å²) in [5.41, 5.74) is 2.91. The summed E-state index contributed by atoms with van der Waals surface area (Å²) >= 11 is 0. The molecule has 1 unspecified atom stereocenters.